The number of benzene rings is 1. The van der Waals surface area contributed by atoms with Gasteiger partial charge in [-0.1, -0.05) is 23.9 Å². The molecule has 2 aromatic rings. The number of carbonyl (C=O) groups is 3. The van der Waals surface area contributed by atoms with Gasteiger partial charge in [0, 0.05) is 10.4 Å². The molecule has 1 heterocycles. The Kier molecular flexibility index (Phi) is 6.33. The van der Waals surface area contributed by atoms with Crippen molar-refractivity contribution in [3.63, 3.8) is 0 Å². The number of para-hydroxylation sites is 1. The summed E-state index contributed by atoms with van der Waals surface area (Å²) in [6.07, 6.45) is 0.149. The minimum Gasteiger partial charge on any atom is -0.369 e. The first-order valence-electron chi connectivity index (χ1n) is 7.60. The number of carbonyl (C=O) groups excluding carboxylic acids is 3. The van der Waals surface area contributed by atoms with Crippen molar-refractivity contribution < 1.29 is 14.4 Å². The van der Waals surface area contributed by atoms with Crippen LogP contribution < -0.4 is 11.1 Å². The Labute approximate surface area is 154 Å². The number of thioether (sulfide) groups is 1. The van der Waals surface area contributed by atoms with Gasteiger partial charge in [0.2, 0.25) is 11.8 Å². The largest absolute Gasteiger partial charge is 0.369 e. The summed E-state index contributed by atoms with van der Waals surface area (Å²) in [5.74, 6) is -0.735. The summed E-state index contributed by atoms with van der Waals surface area (Å²) < 4.78 is 0.705. The van der Waals surface area contributed by atoms with Crippen LogP contribution in [0.1, 0.15) is 34.8 Å². The van der Waals surface area contributed by atoms with Crippen LogP contribution in [0.3, 0.4) is 0 Å². The fraction of sp³-hybridized carbons (Fsp3) is 0.294. The molecule has 0 aliphatic carbocycles. The van der Waals surface area contributed by atoms with E-state index in [2.05, 4.69) is 10.3 Å². The number of anilines is 1. The molecule has 2 amide bonds. The van der Waals surface area contributed by atoms with Gasteiger partial charge in [-0.25, -0.2) is 4.98 Å². The second-order valence-corrected chi connectivity index (χ2v) is 8.15. The van der Waals surface area contributed by atoms with Crippen LogP contribution in [0.15, 0.2) is 28.6 Å². The number of rotatable bonds is 7. The highest BCUT2D eigenvalue weighted by Gasteiger charge is 2.19. The summed E-state index contributed by atoms with van der Waals surface area (Å²) in [7, 11) is 0. The number of nitrogens with one attached hydrogen (secondary N) is 1. The lowest BCUT2D eigenvalue weighted by molar-refractivity contribution is -0.117. The number of ketones is 1. The lowest BCUT2D eigenvalue weighted by atomic mass is 10.1. The predicted octanol–water partition coefficient (Wildman–Crippen LogP) is 2.80. The number of hydrogen-bond acceptors (Lipinski definition) is 6. The van der Waals surface area contributed by atoms with Crippen molar-refractivity contribution in [1.82, 2.24) is 4.98 Å². The second-order valence-electron chi connectivity index (χ2n) is 5.48. The van der Waals surface area contributed by atoms with Crippen molar-refractivity contribution in [1.29, 1.82) is 0 Å². The highest BCUT2D eigenvalue weighted by Crippen LogP contribution is 2.31. The minimum atomic E-state index is -0.410. The molecule has 1 unspecified atom stereocenters. The molecule has 0 aliphatic rings. The Bertz CT molecular complexity index is 817. The molecule has 3 N–H and O–H groups in total. The van der Waals surface area contributed by atoms with Gasteiger partial charge in [0.05, 0.1) is 23.1 Å². The molecule has 6 nitrogen and oxygen atoms in total. The maximum atomic E-state index is 12.4. The zero-order valence-corrected chi connectivity index (χ0v) is 15.8. The van der Waals surface area contributed by atoms with Crippen molar-refractivity contribution in [2.75, 3.05) is 5.32 Å². The lowest BCUT2D eigenvalue weighted by Gasteiger charge is -2.12. The number of nitrogens with two attached hydrogens (primary N) is 1. The minimum absolute atomic E-state index is 0.108. The van der Waals surface area contributed by atoms with Crippen molar-refractivity contribution >= 4 is 46.4 Å². The first-order chi connectivity index (χ1) is 11.8. The molecule has 1 aromatic carbocycles. The van der Waals surface area contributed by atoms with Gasteiger partial charge >= 0.3 is 0 Å². The fourth-order valence-corrected chi connectivity index (χ4v) is 4.50. The highest BCUT2D eigenvalue weighted by atomic mass is 32.2. The third-order valence-corrected chi connectivity index (χ3v) is 5.77. The fourth-order valence-electron chi connectivity index (χ4n) is 2.11. The van der Waals surface area contributed by atoms with E-state index < -0.39 is 11.2 Å². The van der Waals surface area contributed by atoms with Crippen LogP contribution in [0.2, 0.25) is 0 Å². The maximum absolute atomic E-state index is 12.4. The molecule has 0 bridgehead atoms. The summed E-state index contributed by atoms with van der Waals surface area (Å²) >= 11 is 2.67. The van der Waals surface area contributed by atoms with Crippen molar-refractivity contribution in [3.8, 4) is 0 Å². The third-order valence-electron chi connectivity index (χ3n) is 3.42. The summed E-state index contributed by atoms with van der Waals surface area (Å²) in [6, 6.07) is 6.89. The van der Waals surface area contributed by atoms with Crippen LogP contribution in [0, 0.1) is 6.92 Å². The smallest absolute Gasteiger partial charge is 0.237 e. The van der Waals surface area contributed by atoms with Crippen LogP contribution >= 0.6 is 23.1 Å². The molecule has 1 aromatic heterocycles. The molecule has 0 saturated carbocycles. The van der Waals surface area contributed by atoms with Crippen LogP contribution in [-0.4, -0.2) is 27.8 Å². The number of thiazole rings is 1. The molecule has 0 aliphatic heterocycles. The van der Waals surface area contributed by atoms with E-state index in [1.165, 1.54) is 30.0 Å². The number of Topliss-reactive ketones (excluding diaryl/α,β-unsaturated/α-hetero) is 1. The molecule has 132 valence electrons. The summed E-state index contributed by atoms with van der Waals surface area (Å²) in [6.45, 7) is 5.04. The topological polar surface area (TPSA) is 102 Å². The van der Waals surface area contributed by atoms with E-state index in [0.29, 0.717) is 15.6 Å². The Morgan fingerprint density at radius 1 is 1.32 bits per heavy atom. The lowest BCUT2D eigenvalue weighted by Crippen LogP contribution is -2.23. The quantitative estimate of drug-likeness (QED) is 0.570. The van der Waals surface area contributed by atoms with Gasteiger partial charge in [-0.2, -0.15) is 0 Å². The van der Waals surface area contributed by atoms with Crippen molar-refractivity contribution in [3.05, 3.63) is 40.4 Å². The number of aryl methyl sites for hydroxylation is 1. The average molecular weight is 377 g/mol. The monoisotopic (exact) mass is 377 g/mol. The van der Waals surface area contributed by atoms with E-state index in [1.54, 1.807) is 31.2 Å². The van der Waals surface area contributed by atoms with E-state index in [9.17, 15) is 14.4 Å². The molecule has 8 heteroatoms. The van der Waals surface area contributed by atoms with Gasteiger partial charge in [-0.3, -0.25) is 14.4 Å². The van der Waals surface area contributed by atoms with E-state index >= 15 is 0 Å². The predicted molar refractivity (Wildman–Crippen MR) is 100 cm³/mol. The number of hydrogen-bond donors (Lipinski definition) is 2. The zero-order valence-electron chi connectivity index (χ0n) is 14.2. The Hall–Kier alpha value is -2.19. The van der Waals surface area contributed by atoms with Crippen LogP contribution in [0.4, 0.5) is 5.69 Å². The average Bonchev–Trinajstić information content (AvgIpc) is 2.86. The van der Waals surface area contributed by atoms with Gasteiger partial charge < -0.3 is 11.1 Å². The van der Waals surface area contributed by atoms with Gasteiger partial charge in [0.15, 0.2) is 10.1 Å². The first-order valence-corrected chi connectivity index (χ1v) is 9.29. The van der Waals surface area contributed by atoms with Gasteiger partial charge in [0.1, 0.15) is 0 Å². The van der Waals surface area contributed by atoms with Gasteiger partial charge in [-0.15, -0.1) is 11.3 Å². The van der Waals surface area contributed by atoms with Crippen LogP contribution in [-0.2, 0) is 16.0 Å². The van der Waals surface area contributed by atoms with E-state index in [4.69, 9.17) is 5.73 Å². The van der Waals surface area contributed by atoms with Crippen molar-refractivity contribution in [2.24, 2.45) is 5.73 Å². The van der Waals surface area contributed by atoms with Gasteiger partial charge in [-0.05, 0) is 32.9 Å². The maximum Gasteiger partial charge on any atom is 0.237 e. The third kappa shape index (κ3) is 5.14. The number of aromatic nitrogens is 1. The standard InChI is InChI=1S/C17H19N3O3S2/c1-9-14(8-15(18)22)25-17(19-9)24-11(3)16(23)20-13-7-5-4-6-12(13)10(2)21/h4-7,11H,8H2,1-3H3,(H2,18,22)(H,20,23). The molecule has 0 saturated heterocycles. The van der Waals surface area contributed by atoms with Gasteiger partial charge in [0.25, 0.3) is 0 Å². The normalized spacial score (nSPS) is 11.8. The summed E-state index contributed by atoms with van der Waals surface area (Å²) in [5.41, 5.74) is 6.94. The van der Waals surface area contributed by atoms with Crippen LogP contribution in [0.25, 0.3) is 0 Å². The molecule has 0 radical (unpaired) electrons. The molecule has 0 fully saturated rings. The SMILES string of the molecule is CC(=O)c1ccccc1NC(=O)C(C)Sc1nc(C)c(CC(N)=O)s1. The number of amides is 2. The Balaban J connectivity index is 2.06. The molecule has 25 heavy (non-hydrogen) atoms. The molecule has 1 atom stereocenters. The molecule has 2 rings (SSSR count). The molecular weight excluding hydrogens is 358 g/mol. The molecule has 0 spiro atoms. The number of nitrogens with zero attached hydrogens (tertiary/aromatic N) is 1. The Morgan fingerprint density at radius 3 is 2.64 bits per heavy atom. The number of primary amides is 1. The zero-order chi connectivity index (χ0) is 18.6. The first kappa shape index (κ1) is 19.1. The summed E-state index contributed by atoms with van der Waals surface area (Å²) in [5, 5.41) is 2.38. The van der Waals surface area contributed by atoms with E-state index in [1.807, 2.05) is 6.92 Å². The van der Waals surface area contributed by atoms with E-state index in [-0.39, 0.29) is 18.1 Å². The van der Waals surface area contributed by atoms with E-state index in [0.717, 1.165) is 10.6 Å². The second kappa shape index (κ2) is 8.26. The van der Waals surface area contributed by atoms with Crippen LogP contribution in [0.5, 0.6) is 0 Å². The van der Waals surface area contributed by atoms with Crippen molar-refractivity contribution in [2.45, 2.75) is 36.8 Å². The molecular formula is C17H19N3O3S2. The Morgan fingerprint density at radius 2 is 2.00 bits per heavy atom. The summed E-state index contributed by atoms with van der Waals surface area (Å²) in [4.78, 5) is 40.3. The highest BCUT2D eigenvalue weighted by molar-refractivity contribution is 8.02.